The molecule has 13 heavy (non-hydrogen) atoms. The van der Waals surface area contributed by atoms with Crippen LogP contribution in [0.2, 0.25) is 0 Å². The van der Waals surface area contributed by atoms with Crippen molar-refractivity contribution in [1.29, 1.82) is 0 Å². The van der Waals surface area contributed by atoms with Crippen LogP contribution in [0.25, 0.3) is 0 Å². The highest BCUT2D eigenvalue weighted by molar-refractivity contribution is 9.10. The van der Waals surface area contributed by atoms with Gasteiger partial charge in [0.2, 0.25) is 0 Å². The van der Waals surface area contributed by atoms with Crippen LogP contribution >= 0.6 is 40.7 Å². The van der Waals surface area contributed by atoms with Crippen molar-refractivity contribution in [3.8, 4) is 0 Å². The van der Waals surface area contributed by atoms with Gasteiger partial charge in [0.15, 0.2) is 5.78 Å². The second kappa shape index (κ2) is 7.26. The maximum absolute atomic E-state index is 10.9. The number of hydrogen-bond acceptors (Lipinski definition) is 3. The van der Waals surface area contributed by atoms with E-state index in [0.717, 1.165) is 0 Å². The summed E-state index contributed by atoms with van der Waals surface area (Å²) in [4.78, 5) is 14.8. The van der Waals surface area contributed by atoms with Crippen molar-refractivity contribution in [2.24, 2.45) is 5.73 Å². The van der Waals surface area contributed by atoms with E-state index in [0.29, 0.717) is 10.2 Å². The van der Waals surface area contributed by atoms with E-state index in [1.165, 1.54) is 6.20 Å². The van der Waals surface area contributed by atoms with Gasteiger partial charge in [0.05, 0.1) is 6.54 Å². The van der Waals surface area contributed by atoms with Crippen LogP contribution in [0.1, 0.15) is 10.4 Å². The number of halogens is 3. The zero-order chi connectivity index (χ0) is 8.27. The molecule has 1 heterocycles. The van der Waals surface area contributed by atoms with E-state index >= 15 is 0 Å². The van der Waals surface area contributed by atoms with Gasteiger partial charge in [0.25, 0.3) is 0 Å². The Kier molecular flexibility index (Phi) is 8.56. The number of pyridine rings is 1. The molecule has 0 aromatic carbocycles. The molecule has 0 saturated carbocycles. The number of carbonyl (C=O) groups is 1. The Morgan fingerprint density at radius 2 is 2.08 bits per heavy atom. The second-order valence-electron chi connectivity index (χ2n) is 2.00. The molecule has 0 atom stereocenters. The van der Waals surface area contributed by atoms with E-state index in [1.54, 1.807) is 12.1 Å². The highest BCUT2D eigenvalue weighted by Gasteiger charge is 2.01. The van der Waals surface area contributed by atoms with Gasteiger partial charge in [0.1, 0.15) is 4.60 Å². The van der Waals surface area contributed by atoms with Crippen molar-refractivity contribution in [3.05, 3.63) is 28.5 Å². The van der Waals surface area contributed by atoms with Crippen LogP contribution in [-0.4, -0.2) is 17.3 Å². The third-order valence-corrected chi connectivity index (χ3v) is 1.70. The van der Waals surface area contributed by atoms with E-state index in [4.69, 9.17) is 5.73 Å². The quantitative estimate of drug-likeness (QED) is 0.667. The number of nitrogens with zero attached hydrogens (tertiary/aromatic N) is 1. The van der Waals surface area contributed by atoms with Crippen molar-refractivity contribution in [3.63, 3.8) is 0 Å². The van der Waals surface area contributed by atoms with Gasteiger partial charge in [0, 0.05) is 11.8 Å². The lowest BCUT2D eigenvalue weighted by Gasteiger charge is -1.95. The average Bonchev–Trinajstić information content (AvgIpc) is 2.05. The normalized spacial score (nSPS) is 8.15. The third kappa shape index (κ3) is 4.57. The van der Waals surface area contributed by atoms with E-state index in [2.05, 4.69) is 20.9 Å². The summed E-state index contributed by atoms with van der Waals surface area (Å²) in [6, 6.07) is 3.40. The van der Waals surface area contributed by atoms with Gasteiger partial charge in [-0.15, -0.1) is 24.8 Å². The molecular weight excluding hydrogens is 279 g/mol. The fourth-order valence-corrected chi connectivity index (χ4v) is 0.893. The minimum absolute atomic E-state index is 0. The number of Topliss-reactive ketones (excluding diaryl/α,β-unsaturated/α-hetero) is 1. The van der Waals surface area contributed by atoms with Gasteiger partial charge < -0.3 is 5.73 Å². The number of hydrogen-bond donors (Lipinski definition) is 1. The molecule has 1 aromatic heterocycles. The molecule has 3 nitrogen and oxygen atoms in total. The SMILES string of the molecule is Cl.Cl.NCC(=O)c1ccc(Br)nc1. The van der Waals surface area contributed by atoms with E-state index in [9.17, 15) is 4.79 Å². The molecule has 0 unspecified atom stereocenters. The summed E-state index contributed by atoms with van der Waals surface area (Å²) in [5.74, 6) is -0.0926. The van der Waals surface area contributed by atoms with Crippen molar-refractivity contribution < 1.29 is 4.79 Å². The summed E-state index contributed by atoms with van der Waals surface area (Å²) in [6.07, 6.45) is 1.50. The Morgan fingerprint density at radius 3 is 2.46 bits per heavy atom. The van der Waals surface area contributed by atoms with Crippen LogP contribution in [0.4, 0.5) is 0 Å². The van der Waals surface area contributed by atoms with Crippen molar-refractivity contribution in [1.82, 2.24) is 4.98 Å². The van der Waals surface area contributed by atoms with E-state index < -0.39 is 0 Å². The van der Waals surface area contributed by atoms with E-state index in [-0.39, 0.29) is 37.1 Å². The molecule has 2 N–H and O–H groups in total. The predicted molar refractivity (Wildman–Crippen MR) is 59.8 cm³/mol. The van der Waals surface area contributed by atoms with Crippen LogP contribution in [-0.2, 0) is 0 Å². The first-order valence-corrected chi connectivity index (χ1v) is 3.88. The topological polar surface area (TPSA) is 56.0 Å². The van der Waals surface area contributed by atoms with Crippen LogP contribution in [0, 0.1) is 0 Å². The number of carbonyl (C=O) groups excluding carboxylic acids is 1. The maximum atomic E-state index is 10.9. The molecule has 0 radical (unpaired) electrons. The Balaban J connectivity index is 0. The second-order valence-corrected chi connectivity index (χ2v) is 2.81. The average molecular weight is 288 g/mol. The maximum Gasteiger partial charge on any atom is 0.177 e. The Hall–Kier alpha value is -0.160. The molecule has 0 aliphatic rings. The van der Waals surface area contributed by atoms with Gasteiger partial charge in [-0.3, -0.25) is 4.79 Å². The smallest absolute Gasteiger partial charge is 0.177 e. The summed E-state index contributed by atoms with van der Waals surface area (Å²) < 4.78 is 0.714. The van der Waals surface area contributed by atoms with Crippen LogP contribution in [0.5, 0.6) is 0 Å². The van der Waals surface area contributed by atoms with E-state index in [1.807, 2.05) is 0 Å². The molecular formula is C7H9BrCl2N2O. The fourth-order valence-electron chi connectivity index (χ4n) is 0.659. The first-order chi connectivity index (χ1) is 5.24. The fraction of sp³-hybridized carbons (Fsp3) is 0.143. The third-order valence-electron chi connectivity index (χ3n) is 1.23. The molecule has 6 heteroatoms. The molecule has 0 fully saturated rings. The molecule has 1 aromatic rings. The summed E-state index contributed by atoms with van der Waals surface area (Å²) >= 11 is 3.16. The summed E-state index contributed by atoms with van der Waals surface area (Å²) in [7, 11) is 0. The van der Waals surface area contributed by atoms with Crippen molar-refractivity contribution >= 4 is 46.5 Å². The van der Waals surface area contributed by atoms with Gasteiger partial charge in [-0.25, -0.2) is 4.98 Å². The minimum atomic E-state index is -0.0926. The molecule has 0 spiro atoms. The van der Waals surface area contributed by atoms with Gasteiger partial charge in [-0.05, 0) is 28.1 Å². The summed E-state index contributed by atoms with van der Waals surface area (Å²) in [5.41, 5.74) is 5.70. The molecule has 0 aliphatic heterocycles. The molecule has 0 amide bonds. The predicted octanol–water partition coefficient (Wildman–Crippen LogP) is 1.83. The number of aromatic nitrogens is 1. The Bertz CT molecular complexity index is 266. The van der Waals surface area contributed by atoms with Gasteiger partial charge in [-0.1, -0.05) is 0 Å². The standard InChI is InChI=1S/C7H7BrN2O.2ClH/c8-7-2-1-5(4-10-7)6(11)3-9;;/h1-2,4H,3,9H2;2*1H. The largest absolute Gasteiger partial charge is 0.324 e. The van der Waals surface area contributed by atoms with Crippen molar-refractivity contribution in [2.75, 3.05) is 6.54 Å². The Labute approximate surface area is 97.1 Å². The zero-order valence-electron chi connectivity index (χ0n) is 6.57. The van der Waals surface area contributed by atoms with Gasteiger partial charge in [-0.2, -0.15) is 0 Å². The van der Waals surface area contributed by atoms with Crippen molar-refractivity contribution in [2.45, 2.75) is 0 Å². The first-order valence-electron chi connectivity index (χ1n) is 3.09. The van der Waals surface area contributed by atoms with Crippen LogP contribution in [0.15, 0.2) is 22.9 Å². The lowest BCUT2D eigenvalue weighted by Crippen LogP contribution is -2.13. The molecule has 74 valence electrons. The lowest BCUT2D eigenvalue weighted by molar-refractivity contribution is 0.100. The minimum Gasteiger partial charge on any atom is -0.324 e. The molecule has 0 aliphatic carbocycles. The van der Waals surface area contributed by atoms with Gasteiger partial charge >= 0.3 is 0 Å². The summed E-state index contributed by atoms with van der Waals surface area (Å²) in [6.45, 7) is 0.0311. The lowest BCUT2D eigenvalue weighted by atomic mass is 10.2. The molecule has 0 bridgehead atoms. The summed E-state index contributed by atoms with van der Waals surface area (Å²) in [5, 5.41) is 0. The Morgan fingerprint density at radius 1 is 1.46 bits per heavy atom. The van der Waals surface area contributed by atoms with Crippen LogP contribution < -0.4 is 5.73 Å². The number of nitrogens with two attached hydrogens (primary N) is 1. The monoisotopic (exact) mass is 286 g/mol. The molecule has 1 rings (SSSR count). The number of rotatable bonds is 2. The highest BCUT2D eigenvalue weighted by Crippen LogP contribution is 2.06. The molecule has 0 saturated heterocycles. The van der Waals surface area contributed by atoms with Crippen LogP contribution in [0.3, 0.4) is 0 Å². The zero-order valence-corrected chi connectivity index (χ0v) is 9.79. The first kappa shape index (κ1) is 15.3. The number of ketones is 1. The highest BCUT2D eigenvalue weighted by atomic mass is 79.9.